The predicted octanol–water partition coefficient (Wildman–Crippen LogP) is 5.76. The molecule has 0 aliphatic carbocycles. The maximum atomic E-state index is 4.93. The van der Waals surface area contributed by atoms with Gasteiger partial charge in [0, 0.05) is 36.3 Å². The van der Waals surface area contributed by atoms with Crippen LogP contribution in [0.25, 0.3) is 28.0 Å². The highest BCUT2D eigenvalue weighted by Gasteiger charge is 2.15. The van der Waals surface area contributed by atoms with Crippen LogP contribution in [0.1, 0.15) is 5.56 Å². The van der Waals surface area contributed by atoms with Crippen LogP contribution in [0, 0.1) is 0 Å². The minimum atomic E-state index is 0.612. The van der Waals surface area contributed by atoms with E-state index < -0.39 is 0 Å². The second kappa shape index (κ2) is 9.11. The van der Waals surface area contributed by atoms with Gasteiger partial charge in [-0.15, -0.1) is 5.10 Å². The highest BCUT2D eigenvalue weighted by atomic mass is 32.2. The molecule has 0 fully saturated rings. The van der Waals surface area contributed by atoms with Crippen molar-refractivity contribution in [3.05, 3.63) is 97.0 Å². The summed E-state index contributed by atoms with van der Waals surface area (Å²) in [4.78, 5) is 9.28. The van der Waals surface area contributed by atoms with Crippen LogP contribution >= 0.6 is 11.9 Å². The molecule has 3 heterocycles. The molecule has 6 nitrogen and oxygen atoms in total. The summed E-state index contributed by atoms with van der Waals surface area (Å²) in [6, 6.07) is 24.7. The van der Waals surface area contributed by atoms with Crippen LogP contribution < -0.4 is 10.0 Å². The maximum absolute atomic E-state index is 4.93. The summed E-state index contributed by atoms with van der Waals surface area (Å²) >= 11 is 1.52. The number of aromatic nitrogens is 4. The monoisotopic (exact) mass is 438 g/mol. The van der Waals surface area contributed by atoms with Crippen LogP contribution in [0.4, 0.5) is 11.5 Å². The van der Waals surface area contributed by atoms with Gasteiger partial charge in [0.15, 0.2) is 11.6 Å². The molecule has 3 aromatic heterocycles. The molecule has 0 amide bonds. The molecular weight excluding hydrogens is 416 g/mol. The first-order chi connectivity index (χ1) is 15.8. The molecular formula is C25H22N6S. The van der Waals surface area contributed by atoms with Crippen molar-refractivity contribution in [3.63, 3.8) is 0 Å². The quantitative estimate of drug-likeness (QED) is 0.315. The van der Waals surface area contributed by atoms with Gasteiger partial charge in [0.2, 0.25) is 0 Å². The first kappa shape index (κ1) is 20.1. The Hall–Kier alpha value is -3.84. The van der Waals surface area contributed by atoms with Gasteiger partial charge in [-0.1, -0.05) is 72.6 Å². The van der Waals surface area contributed by atoms with E-state index in [1.54, 1.807) is 12.4 Å². The zero-order valence-corrected chi connectivity index (χ0v) is 18.4. The third kappa shape index (κ3) is 4.15. The van der Waals surface area contributed by atoms with Crippen molar-refractivity contribution in [2.75, 3.05) is 16.3 Å². The van der Waals surface area contributed by atoms with Gasteiger partial charge in [-0.05, 0) is 23.3 Å². The molecule has 0 aliphatic rings. The van der Waals surface area contributed by atoms with Crippen molar-refractivity contribution >= 4 is 29.0 Å². The highest BCUT2D eigenvalue weighted by Crippen LogP contribution is 2.31. The molecule has 0 radical (unpaired) electrons. The van der Waals surface area contributed by atoms with Gasteiger partial charge in [-0.25, -0.2) is 9.50 Å². The number of hydrogen-bond acceptors (Lipinski definition) is 6. The Morgan fingerprint density at radius 3 is 2.47 bits per heavy atom. The summed E-state index contributed by atoms with van der Waals surface area (Å²) in [7, 11) is 0. The number of rotatable bonds is 7. The van der Waals surface area contributed by atoms with Gasteiger partial charge in [0.1, 0.15) is 5.52 Å². The Bertz CT molecular complexity index is 1330. The summed E-state index contributed by atoms with van der Waals surface area (Å²) < 4.78 is 5.11. The molecule has 7 heteroatoms. The van der Waals surface area contributed by atoms with Crippen LogP contribution in [-0.4, -0.2) is 25.8 Å². The van der Waals surface area contributed by atoms with Crippen LogP contribution in [0.2, 0.25) is 0 Å². The molecule has 0 saturated heterocycles. The van der Waals surface area contributed by atoms with E-state index in [9.17, 15) is 0 Å². The molecule has 0 aliphatic heterocycles. The Labute approximate surface area is 190 Å². The number of nitrogens with zero attached hydrogens (tertiary/aromatic N) is 4. The molecule has 0 saturated carbocycles. The van der Waals surface area contributed by atoms with Gasteiger partial charge < -0.3 is 10.0 Å². The van der Waals surface area contributed by atoms with E-state index in [1.165, 1.54) is 17.5 Å². The molecule has 0 unspecified atom stereocenters. The smallest absolute Gasteiger partial charge is 0.183 e. The number of fused-ring (bicyclic) bond motifs is 1. The predicted molar refractivity (Wildman–Crippen MR) is 133 cm³/mol. The third-order valence-corrected chi connectivity index (χ3v) is 5.55. The van der Waals surface area contributed by atoms with E-state index in [-0.39, 0.29) is 0 Å². The third-order valence-electron chi connectivity index (χ3n) is 5.12. The Morgan fingerprint density at radius 1 is 0.906 bits per heavy atom. The first-order valence-corrected chi connectivity index (χ1v) is 11.5. The Kier molecular flexibility index (Phi) is 5.72. The Morgan fingerprint density at radius 2 is 1.69 bits per heavy atom. The van der Waals surface area contributed by atoms with Crippen molar-refractivity contribution in [2.45, 2.75) is 6.54 Å². The topological polar surface area (TPSA) is 67.1 Å². The number of pyridine rings is 1. The molecule has 0 atom stereocenters. The number of hydrogen-bond donors (Lipinski definition) is 2. The fourth-order valence-corrected chi connectivity index (χ4v) is 3.99. The molecule has 2 aromatic carbocycles. The highest BCUT2D eigenvalue weighted by molar-refractivity contribution is 7.99. The van der Waals surface area contributed by atoms with E-state index in [4.69, 9.17) is 10.1 Å². The average molecular weight is 439 g/mol. The molecule has 0 spiro atoms. The first-order valence-electron chi connectivity index (χ1n) is 10.3. The lowest BCUT2D eigenvalue weighted by Gasteiger charge is -2.12. The van der Waals surface area contributed by atoms with E-state index in [0.717, 1.165) is 33.7 Å². The molecule has 0 bridgehead atoms. The van der Waals surface area contributed by atoms with Crippen molar-refractivity contribution < 1.29 is 0 Å². The van der Waals surface area contributed by atoms with Crippen molar-refractivity contribution in [3.8, 4) is 22.5 Å². The minimum absolute atomic E-state index is 0.612. The number of anilines is 2. The average Bonchev–Trinajstić information content (AvgIpc) is 3.28. The minimum Gasteiger partial charge on any atom is -0.364 e. The lowest BCUT2D eigenvalue weighted by molar-refractivity contribution is 0.908. The van der Waals surface area contributed by atoms with Crippen molar-refractivity contribution in [2.24, 2.45) is 0 Å². The maximum Gasteiger partial charge on any atom is 0.183 e. The van der Waals surface area contributed by atoms with Crippen molar-refractivity contribution in [1.82, 2.24) is 19.6 Å². The van der Waals surface area contributed by atoms with Gasteiger partial charge in [0.25, 0.3) is 0 Å². The van der Waals surface area contributed by atoms with Crippen LogP contribution in [0.15, 0.2) is 91.4 Å². The van der Waals surface area contributed by atoms with E-state index in [2.05, 4.69) is 45.4 Å². The second-order valence-electron chi connectivity index (χ2n) is 7.28. The van der Waals surface area contributed by atoms with Gasteiger partial charge in [0.05, 0.1) is 11.9 Å². The van der Waals surface area contributed by atoms with Crippen molar-refractivity contribution in [1.29, 1.82) is 0 Å². The van der Waals surface area contributed by atoms with E-state index >= 15 is 0 Å². The zero-order chi connectivity index (χ0) is 21.8. The fourth-order valence-electron chi connectivity index (χ4n) is 3.64. The summed E-state index contributed by atoms with van der Waals surface area (Å²) in [5, 5.41) is 8.34. The second-order valence-corrected chi connectivity index (χ2v) is 7.89. The summed E-state index contributed by atoms with van der Waals surface area (Å²) in [6.07, 6.45) is 7.53. The summed E-state index contributed by atoms with van der Waals surface area (Å²) in [5.41, 5.74) is 6.11. The van der Waals surface area contributed by atoms with E-state index in [1.807, 2.05) is 59.4 Å². The number of benzene rings is 2. The van der Waals surface area contributed by atoms with Gasteiger partial charge >= 0.3 is 0 Å². The molecule has 2 N–H and O–H groups in total. The standard InChI is InChI=1S/C25H22N6S/c1-32-30-21-14-20(16-26-17-21)24-28-25(27-15-18-8-4-2-5-9-18)23-22(12-13-31(23)29-24)19-10-6-3-7-11-19/h2-14,16-17,30H,15H2,1H3,(H,27,28,29). The summed E-state index contributed by atoms with van der Waals surface area (Å²) in [5.74, 6) is 1.39. The van der Waals surface area contributed by atoms with Crippen LogP contribution in [0.5, 0.6) is 0 Å². The molecule has 5 rings (SSSR count). The molecule has 158 valence electrons. The SMILES string of the molecule is CSNc1cncc(-c2nc(NCc3ccccc3)c3c(-c4ccccc4)ccn3n2)c1. The zero-order valence-electron chi connectivity index (χ0n) is 17.6. The summed E-state index contributed by atoms with van der Waals surface area (Å²) in [6.45, 7) is 0.665. The van der Waals surface area contributed by atoms with Crippen LogP contribution in [0.3, 0.4) is 0 Å². The van der Waals surface area contributed by atoms with Gasteiger partial charge in [-0.2, -0.15) is 0 Å². The molecule has 5 aromatic rings. The largest absolute Gasteiger partial charge is 0.364 e. The van der Waals surface area contributed by atoms with Gasteiger partial charge in [-0.3, -0.25) is 4.98 Å². The fraction of sp³-hybridized carbons (Fsp3) is 0.0800. The lowest BCUT2D eigenvalue weighted by atomic mass is 10.1. The number of nitrogens with one attached hydrogen (secondary N) is 2. The molecule has 32 heavy (non-hydrogen) atoms. The van der Waals surface area contributed by atoms with E-state index in [0.29, 0.717) is 12.4 Å². The lowest BCUT2D eigenvalue weighted by Crippen LogP contribution is -2.07. The van der Waals surface area contributed by atoms with Crippen LogP contribution in [-0.2, 0) is 6.54 Å². The normalized spacial score (nSPS) is 10.9. The Balaban J connectivity index is 1.62.